The number of aliphatic hydroxyl groups excluding tert-OH is 1. The summed E-state index contributed by atoms with van der Waals surface area (Å²) in [6, 6.07) is 13.9. The molecule has 5 rings (SSSR count). The maximum absolute atomic E-state index is 10.0. The van der Waals surface area contributed by atoms with Gasteiger partial charge in [-0.2, -0.15) is 10.1 Å². The summed E-state index contributed by atoms with van der Waals surface area (Å²) in [5, 5.41) is 21.9. The Kier molecular flexibility index (Phi) is 6.12. The van der Waals surface area contributed by atoms with Crippen LogP contribution in [0.2, 0.25) is 0 Å². The Morgan fingerprint density at radius 3 is 2.59 bits per heavy atom. The average Bonchev–Trinajstić information content (AvgIpc) is 3.52. The van der Waals surface area contributed by atoms with E-state index in [0.717, 1.165) is 41.0 Å². The molecule has 9 heteroatoms. The molecule has 2 N–H and O–H groups in total. The molecule has 0 unspecified atom stereocenters. The van der Waals surface area contributed by atoms with Crippen LogP contribution in [0.5, 0.6) is 0 Å². The SMILES string of the molecule is CNc1ccc(Cn2nc(-c3nc(-c4ccc(C5(CO)CCOCC5)cc4)no3)cc2C)cn1. The summed E-state index contributed by atoms with van der Waals surface area (Å²) in [5.74, 6) is 1.71. The first kappa shape index (κ1) is 22.2. The number of nitrogens with one attached hydrogen (secondary N) is 1. The lowest BCUT2D eigenvalue weighted by atomic mass is 9.75. The van der Waals surface area contributed by atoms with Crippen molar-refractivity contribution in [3.8, 4) is 23.0 Å². The van der Waals surface area contributed by atoms with Gasteiger partial charge in [0.2, 0.25) is 5.82 Å². The fourth-order valence-corrected chi connectivity index (χ4v) is 4.33. The van der Waals surface area contributed by atoms with Gasteiger partial charge < -0.3 is 19.7 Å². The van der Waals surface area contributed by atoms with Crippen LogP contribution in [0.25, 0.3) is 23.0 Å². The van der Waals surface area contributed by atoms with E-state index in [1.807, 2.05) is 67.3 Å². The van der Waals surface area contributed by atoms with E-state index in [-0.39, 0.29) is 12.0 Å². The lowest BCUT2D eigenvalue weighted by molar-refractivity contribution is 0.0253. The van der Waals surface area contributed by atoms with Crippen molar-refractivity contribution < 1.29 is 14.4 Å². The van der Waals surface area contributed by atoms with Crippen molar-refractivity contribution in [1.82, 2.24) is 24.9 Å². The lowest BCUT2D eigenvalue weighted by Crippen LogP contribution is -2.37. The molecule has 0 atom stereocenters. The molecule has 4 heterocycles. The van der Waals surface area contributed by atoms with Crippen molar-refractivity contribution in [2.45, 2.75) is 31.7 Å². The second-order valence-electron chi connectivity index (χ2n) is 8.68. The Bertz CT molecular complexity index is 1240. The van der Waals surface area contributed by atoms with Crippen LogP contribution in [0, 0.1) is 6.92 Å². The minimum Gasteiger partial charge on any atom is -0.395 e. The van der Waals surface area contributed by atoms with Crippen LogP contribution in [-0.2, 0) is 16.7 Å². The van der Waals surface area contributed by atoms with Gasteiger partial charge in [-0.15, -0.1) is 0 Å². The number of hydrogen-bond donors (Lipinski definition) is 2. The monoisotopic (exact) mass is 460 g/mol. The van der Waals surface area contributed by atoms with Crippen LogP contribution in [0.4, 0.5) is 5.82 Å². The van der Waals surface area contributed by atoms with Crippen molar-refractivity contribution in [3.05, 3.63) is 65.5 Å². The minimum absolute atomic E-state index is 0.111. The van der Waals surface area contributed by atoms with Gasteiger partial charge in [0.05, 0.1) is 13.2 Å². The Morgan fingerprint density at radius 2 is 1.91 bits per heavy atom. The average molecular weight is 461 g/mol. The largest absolute Gasteiger partial charge is 0.395 e. The van der Waals surface area contributed by atoms with E-state index < -0.39 is 0 Å². The zero-order valence-corrected chi connectivity index (χ0v) is 19.4. The second kappa shape index (κ2) is 9.36. The number of aliphatic hydroxyl groups is 1. The smallest absolute Gasteiger partial charge is 0.278 e. The summed E-state index contributed by atoms with van der Waals surface area (Å²) < 4.78 is 12.9. The first-order valence-electron chi connectivity index (χ1n) is 11.4. The Labute approximate surface area is 197 Å². The maximum Gasteiger partial charge on any atom is 0.278 e. The van der Waals surface area contributed by atoms with Gasteiger partial charge in [0.25, 0.3) is 5.89 Å². The van der Waals surface area contributed by atoms with Crippen molar-refractivity contribution >= 4 is 5.82 Å². The maximum atomic E-state index is 10.0. The number of aryl methyl sites for hydroxylation is 1. The Morgan fingerprint density at radius 1 is 1.12 bits per heavy atom. The number of rotatable bonds is 7. The van der Waals surface area contributed by atoms with Crippen molar-refractivity contribution in [3.63, 3.8) is 0 Å². The summed E-state index contributed by atoms with van der Waals surface area (Å²) in [6.45, 7) is 4.04. The van der Waals surface area contributed by atoms with Crippen molar-refractivity contribution in [2.24, 2.45) is 0 Å². The Hall–Kier alpha value is -3.56. The quantitative estimate of drug-likeness (QED) is 0.432. The zero-order valence-electron chi connectivity index (χ0n) is 19.4. The van der Waals surface area contributed by atoms with Crippen molar-refractivity contribution in [2.75, 3.05) is 32.2 Å². The first-order valence-corrected chi connectivity index (χ1v) is 11.4. The van der Waals surface area contributed by atoms with Gasteiger partial charge in [0, 0.05) is 43.1 Å². The second-order valence-corrected chi connectivity index (χ2v) is 8.68. The summed E-state index contributed by atoms with van der Waals surface area (Å²) >= 11 is 0. The topological polar surface area (TPSA) is 111 Å². The third-order valence-corrected chi connectivity index (χ3v) is 6.55. The highest BCUT2D eigenvalue weighted by molar-refractivity contribution is 5.58. The number of ether oxygens (including phenoxy) is 1. The van der Waals surface area contributed by atoms with Gasteiger partial charge in [-0.05, 0) is 43.0 Å². The molecule has 1 aliphatic rings. The van der Waals surface area contributed by atoms with E-state index >= 15 is 0 Å². The van der Waals surface area contributed by atoms with E-state index in [1.165, 1.54) is 0 Å². The fraction of sp³-hybridized carbons (Fsp3) is 0.360. The summed E-state index contributed by atoms with van der Waals surface area (Å²) in [4.78, 5) is 8.93. The predicted molar refractivity (Wildman–Crippen MR) is 127 cm³/mol. The van der Waals surface area contributed by atoms with E-state index in [1.54, 1.807) is 0 Å². The third kappa shape index (κ3) is 4.32. The summed E-state index contributed by atoms with van der Waals surface area (Å²) in [6.07, 6.45) is 3.46. The van der Waals surface area contributed by atoms with E-state index in [2.05, 4.69) is 25.5 Å². The van der Waals surface area contributed by atoms with Crippen LogP contribution in [0.15, 0.2) is 53.2 Å². The molecule has 176 valence electrons. The molecule has 0 saturated carbocycles. The highest BCUT2D eigenvalue weighted by Crippen LogP contribution is 2.35. The van der Waals surface area contributed by atoms with Gasteiger partial charge in [-0.1, -0.05) is 35.5 Å². The van der Waals surface area contributed by atoms with Crippen LogP contribution in [0.1, 0.15) is 29.7 Å². The van der Waals surface area contributed by atoms with Gasteiger partial charge in [-0.25, -0.2) is 4.98 Å². The van der Waals surface area contributed by atoms with Gasteiger partial charge in [0.1, 0.15) is 5.82 Å². The van der Waals surface area contributed by atoms with Crippen LogP contribution >= 0.6 is 0 Å². The zero-order chi connectivity index (χ0) is 23.5. The number of pyridine rings is 1. The number of nitrogens with zero attached hydrogens (tertiary/aromatic N) is 5. The third-order valence-electron chi connectivity index (χ3n) is 6.55. The molecule has 1 aliphatic heterocycles. The lowest BCUT2D eigenvalue weighted by Gasteiger charge is -2.36. The van der Waals surface area contributed by atoms with Crippen LogP contribution in [-0.4, -0.2) is 56.9 Å². The molecule has 1 fully saturated rings. The summed E-state index contributed by atoms with van der Waals surface area (Å²) in [5.41, 5.74) is 4.39. The summed E-state index contributed by atoms with van der Waals surface area (Å²) in [7, 11) is 1.84. The normalized spacial score (nSPS) is 15.4. The van der Waals surface area contributed by atoms with E-state index in [0.29, 0.717) is 37.2 Å². The van der Waals surface area contributed by atoms with Gasteiger partial charge >= 0.3 is 0 Å². The number of aromatic nitrogens is 5. The predicted octanol–water partition coefficient (Wildman–Crippen LogP) is 3.43. The molecule has 1 aromatic carbocycles. The number of benzene rings is 1. The molecule has 3 aromatic heterocycles. The molecule has 4 aromatic rings. The fourth-order valence-electron chi connectivity index (χ4n) is 4.33. The van der Waals surface area contributed by atoms with E-state index in [9.17, 15) is 5.11 Å². The highest BCUT2D eigenvalue weighted by atomic mass is 16.5. The standard InChI is InChI=1S/C25H28N6O3/c1-17-13-21(29-31(17)15-18-3-8-22(26-2)27-14-18)24-28-23(30-34-24)19-4-6-20(7-5-19)25(16-32)9-11-33-12-10-25/h3-8,13-14,32H,9-12,15-16H2,1-2H3,(H,26,27). The number of hydrogen-bond acceptors (Lipinski definition) is 8. The van der Waals surface area contributed by atoms with E-state index in [4.69, 9.17) is 9.26 Å². The molecule has 34 heavy (non-hydrogen) atoms. The minimum atomic E-state index is -0.244. The molecular formula is C25H28N6O3. The van der Waals surface area contributed by atoms with Crippen molar-refractivity contribution in [1.29, 1.82) is 0 Å². The molecule has 0 amide bonds. The molecule has 9 nitrogen and oxygen atoms in total. The first-order chi connectivity index (χ1) is 16.6. The molecule has 1 saturated heterocycles. The Balaban J connectivity index is 1.33. The molecule has 0 radical (unpaired) electrons. The van der Waals surface area contributed by atoms with Gasteiger partial charge in [0.15, 0.2) is 5.69 Å². The molecule has 0 aliphatic carbocycles. The molecular weight excluding hydrogens is 432 g/mol. The molecule has 0 spiro atoms. The molecule has 0 bridgehead atoms. The highest BCUT2D eigenvalue weighted by Gasteiger charge is 2.33. The van der Waals surface area contributed by atoms with Gasteiger partial charge in [-0.3, -0.25) is 4.68 Å². The van der Waals surface area contributed by atoms with Crippen LogP contribution in [0.3, 0.4) is 0 Å². The number of anilines is 1. The van der Waals surface area contributed by atoms with Crippen LogP contribution < -0.4 is 5.32 Å².